The minimum atomic E-state index is -1.29. The van der Waals surface area contributed by atoms with Gasteiger partial charge in [-0.25, -0.2) is 4.79 Å². The number of ether oxygens (including phenoxy) is 3. The van der Waals surface area contributed by atoms with E-state index < -0.39 is 23.6 Å². The van der Waals surface area contributed by atoms with Gasteiger partial charge in [-0.05, 0) is 36.6 Å². The summed E-state index contributed by atoms with van der Waals surface area (Å²) in [5, 5.41) is 15.9. The molecule has 0 aliphatic rings. The smallest absolute Gasteiger partial charge is 0.408 e. The number of hydrogen-bond acceptors (Lipinski definition) is 7. The number of rotatable bonds is 15. The van der Waals surface area contributed by atoms with Crippen LogP contribution < -0.4 is 20.1 Å². The minimum Gasteiger partial charge on any atom is -0.493 e. The molecule has 1 heterocycles. The van der Waals surface area contributed by atoms with E-state index in [1.54, 1.807) is 31.3 Å². The van der Waals surface area contributed by atoms with E-state index in [4.69, 9.17) is 14.2 Å². The first-order valence-corrected chi connectivity index (χ1v) is 14.5. The molecule has 0 aliphatic heterocycles. The van der Waals surface area contributed by atoms with Crippen LogP contribution in [-0.2, 0) is 33.8 Å². The van der Waals surface area contributed by atoms with Gasteiger partial charge in [-0.1, -0.05) is 60.7 Å². The maximum atomic E-state index is 14.0. The predicted octanol–water partition coefficient (Wildman–Crippen LogP) is 4.48. The number of methoxy groups -OCH3 is 2. The number of aliphatic hydroxyl groups is 1. The summed E-state index contributed by atoms with van der Waals surface area (Å²) in [7, 11) is 3.01. The fourth-order valence-corrected chi connectivity index (χ4v) is 5.22. The first kappa shape index (κ1) is 32.1. The first-order valence-electron chi connectivity index (χ1n) is 14.5. The molecule has 0 bridgehead atoms. The highest BCUT2D eigenvalue weighted by molar-refractivity contribution is 5.95. The quantitative estimate of drug-likeness (QED) is 0.158. The Bertz CT molecular complexity index is 1570. The second kappa shape index (κ2) is 15.1. The normalized spacial score (nSPS) is 13.0. The molecule has 0 spiro atoms. The predicted molar refractivity (Wildman–Crippen MR) is 167 cm³/mol. The first-order chi connectivity index (χ1) is 21.3. The molecule has 10 nitrogen and oxygen atoms in total. The molecule has 2 amide bonds. The lowest BCUT2D eigenvalue weighted by Crippen LogP contribution is -2.59. The SMILES string of the molecule is COc1cccc(COC(=O)NC(Cc2c[nH]c3ccccc23)C(=O)NC(C)(Cc2ccccc2)C(=O)CCCO)c1OC. The van der Waals surface area contributed by atoms with Crippen molar-refractivity contribution in [1.29, 1.82) is 0 Å². The van der Waals surface area contributed by atoms with Gasteiger partial charge in [0.2, 0.25) is 5.91 Å². The van der Waals surface area contributed by atoms with Crippen LogP contribution in [0.4, 0.5) is 4.79 Å². The number of benzene rings is 3. The molecule has 4 rings (SSSR count). The van der Waals surface area contributed by atoms with Crippen molar-refractivity contribution in [2.45, 2.75) is 50.8 Å². The van der Waals surface area contributed by atoms with Crippen LogP contribution in [0.2, 0.25) is 0 Å². The van der Waals surface area contributed by atoms with Gasteiger partial charge in [-0.3, -0.25) is 9.59 Å². The number of H-pyrrole nitrogens is 1. The van der Waals surface area contributed by atoms with Crippen LogP contribution in [-0.4, -0.2) is 60.3 Å². The van der Waals surface area contributed by atoms with Crippen molar-refractivity contribution in [2.75, 3.05) is 20.8 Å². The Kier molecular flexibility index (Phi) is 11.0. The second-order valence-corrected chi connectivity index (χ2v) is 10.7. The third-order valence-electron chi connectivity index (χ3n) is 7.53. The number of aromatic amines is 1. The van der Waals surface area contributed by atoms with Crippen LogP contribution >= 0.6 is 0 Å². The van der Waals surface area contributed by atoms with Crippen molar-refractivity contribution in [2.24, 2.45) is 0 Å². The number of alkyl carbamates (subject to hydrolysis) is 1. The van der Waals surface area contributed by atoms with Crippen molar-refractivity contribution >= 4 is 28.7 Å². The molecular formula is C34H39N3O7. The van der Waals surface area contributed by atoms with E-state index in [0.29, 0.717) is 17.1 Å². The summed E-state index contributed by atoms with van der Waals surface area (Å²) < 4.78 is 16.3. The van der Waals surface area contributed by atoms with E-state index in [-0.39, 0.29) is 44.7 Å². The zero-order chi connectivity index (χ0) is 31.5. The number of amides is 2. The van der Waals surface area contributed by atoms with Crippen LogP contribution in [0, 0.1) is 0 Å². The second-order valence-electron chi connectivity index (χ2n) is 10.7. The molecule has 44 heavy (non-hydrogen) atoms. The molecule has 2 unspecified atom stereocenters. The Labute approximate surface area is 256 Å². The van der Waals surface area contributed by atoms with E-state index >= 15 is 0 Å². The molecule has 232 valence electrons. The van der Waals surface area contributed by atoms with E-state index in [0.717, 1.165) is 22.0 Å². The fourth-order valence-electron chi connectivity index (χ4n) is 5.22. The largest absolute Gasteiger partial charge is 0.493 e. The van der Waals surface area contributed by atoms with Crippen LogP contribution in [0.1, 0.15) is 36.5 Å². The van der Waals surface area contributed by atoms with Crippen LogP contribution in [0.25, 0.3) is 10.9 Å². The summed E-state index contributed by atoms with van der Waals surface area (Å²) >= 11 is 0. The molecule has 10 heteroatoms. The zero-order valence-corrected chi connectivity index (χ0v) is 25.2. The van der Waals surface area contributed by atoms with Crippen molar-refractivity contribution in [1.82, 2.24) is 15.6 Å². The molecule has 1 aromatic heterocycles. The Morgan fingerprint density at radius 2 is 1.68 bits per heavy atom. The molecular weight excluding hydrogens is 562 g/mol. The lowest BCUT2D eigenvalue weighted by molar-refractivity contribution is -0.132. The number of nitrogens with one attached hydrogen (secondary N) is 3. The maximum absolute atomic E-state index is 14.0. The van der Waals surface area contributed by atoms with Gasteiger partial charge in [-0.15, -0.1) is 0 Å². The van der Waals surface area contributed by atoms with Gasteiger partial charge in [0.1, 0.15) is 12.6 Å². The topological polar surface area (TPSA) is 139 Å². The number of ketones is 1. The number of carbonyl (C=O) groups excluding carboxylic acids is 3. The van der Waals surface area contributed by atoms with Crippen LogP contribution in [0.3, 0.4) is 0 Å². The van der Waals surface area contributed by atoms with Crippen LogP contribution in [0.5, 0.6) is 11.5 Å². The monoisotopic (exact) mass is 601 g/mol. The number of aromatic nitrogens is 1. The van der Waals surface area contributed by atoms with Crippen molar-refractivity contribution in [3.63, 3.8) is 0 Å². The van der Waals surface area contributed by atoms with E-state index in [1.807, 2.05) is 54.6 Å². The lowest BCUT2D eigenvalue weighted by Gasteiger charge is -2.32. The van der Waals surface area contributed by atoms with E-state index in [9.17, 15) is 19.5 Å². The molecule has 4 N–H and O–H groups in total. The Hall–Kier alpha value is -4.83. The standard InChI is InChI=1S/C34H39N3O7/c1-34(30(39)17-10-18-38,20-23-11-5-4-6-12-23)37-32(40)28(19-25-21-35-27-15-8-7-14-26(25)27)36-33(41)44-22-24-13-9-16-29(42-2)31(24)43-3/h4-9,11-16,21,28,35,38H,10,17-20,22H2,1-3H3,(H,36,41)(H,37,40). The number of carbonyl (C=O) groups is 3. The third kappa shape index (κ3) is 7.96. The number of hydrogen-bond donors (Lipinski definition) is 4. The van der Waals surface area contributed by atoms with E-state index in [1.165, 1.54) is 14.2 Å². The summed E-state index contributed by atoms with van der Waals surface area (Å²) in [5.41, 5.74) is 1.87. The highest BCUT2D eigenvalue weighted by Gasteiger charge is 2.37. The minimum absolute atomic E-state index is 0.0884. The summed E-state index contributed by atoms with van der Waals surface area (Å²) in [6.07, 6.45) is 1.73. The zero-order valence-electron chi connectivity index (χ0n) is 25.2. The molecule has 4 aromatic rings. The molecule has 0 fully saturated rings. The van der Waals surface area contributed by atoms with Gasteiger partial charge in [0.25, 0.3) is 0 Å². The number of fused-ring (bicyclic) bond motifs is 1. The fraction of sp³-hybridized carbons (Fsp3) is 0.324. The van der Waals surface area contributed by atoms with Gasteiger partial charge in [0.05, 0.1) is 19.8 Å². The lowest BCUT2D eigenvalue weighted by atomic mass is 9.85. The molecule has 0 saturated heterocycles. The highest BCUT2D eigenvalue weighted by Crippen LogP contribution is 2.31. The average Bonchev–Trinajstić information content (AvgIpc) is 3.44. The molecule has 3 aromatic carbocycles. The number of aliphatic hydroxyl groups excluding tert-OH is 1. The van der Waals surface area contributed by atoms with Crippen molar-refractivity contribution in [3.8, 4) is 11.5 Å². The summed E-state index contributed by atoms with van der Waals surface area (Å²) in [6.45, 7) is 1.41. The third-order valence-corrected chi connectivity index (χ3v) is 7.53. The van der Waals surface area contributed by atoms with Crippen LogP contribution in [0.15, 0.2) is 79.0 Å². The number of Topliss-reactive ketones (excluding diaryl/α,β-unsaturated/α-hetero) is 1. The maximum Gasteiger partial charge on any atom is 0.408 e. The molecule has 0 radical (unpaired) electrons. The van der Waals surface area contributed by atoms with Gasteiger partial charge >= 0.3 is 6.09 Å². The summed E-state index contributed by atoms with van der Waals surface area (Å²) in [6, 6.07) is 21.2. The van der Waals surface area contributed by atoms with E-state index in [2.05, 4.69) is 15.6 Å². The summed E-state index contributed by atoms with van der Waals surface area (Å²) in [5.74, 6) is 0.174. The van der Waals surface area contributed by atoms with Gasteiger partial charge in [0.15, 0.2) is 17.3 Å². The Balaban J connectivity index is 1.58. The summed E-state index contributed by atoms with van der Waals surface area (Å²) in [4.78, 5) is 43.7. The van der Waals surface area contributed by atoms with Gasteiger partial charge < -0.3 is 34.9 Å². The van der Waals surface area contributed by atoms with Gasteiger partial charge in [0, 0.05) is 48.5 Å². The molecule has 0 aliphatic carbocycles. The Morgan fingerprint density at radius 3 is 2.41 bits per heavy atom. The number of para-hydroxylation sites is 2. The van der Waals surface area contributed by atoms with Crippen molar-refractivity contribution < 1.29 is 33.7 Å². The molecule has 0 saturated carbocycles. The van der Waals surface area contributed by atoms with Gasteiger partial charge in [-0.2, -0.15) is 0 Å². The van der Waals surface area contributed by atoms with Crippen molar-refractivity contribution in [3.05, 3.63) is 95.7 Å². The Morgan fingerprint density at radius 1 is 0.932 bits per heavy atom. The highest BCUT2D eigenvalue weighted by atomic mass is 16.6. The molecule has 2 atom stereocenters. The average molecular weight is 602 g/mol.